The number of hydrogen-bond acceptors (Lipinski definition) is 5. The SMILES string of the molecule is CCOc1ccccc1NC(=O)c1nnn(CC(=O)Nc2cccc(Cl)c2)c1C. The van der Waals surface area contributed by atoms with Gasteiger partial charge in [-0.2, -0.15) is 0 Å². The highest BCUT2D eigenvalue weighted by atomic mass is 35.5. The number of rotatable bonds is 7. The third-order valence-corrected chi connectivity index (χ3v) is 4.27. The van der Waals surface area contributed by atoms with E-state index in [2.05, 4.69) is 20.9 Å². The van der Waals surface area contributed by atoms with E-state index in [0.717, 1.165) is 0 Å². The Morgan fingerprint density at radius 1 is 1.14 bits per heavy atom. The first-order valence-electron chi connectivity index (χ1n) is 8.96. The molecule has 0 atom stereocenters. The standard InChI is InChI=1S/C20H20ClN5O3/c1-3-29-17-10-5-4-9-16(17)23-20(28)19-13(2)26(25-24-19)12-18(27)22-15-8-6-7-14(21)11-15/h4-11H,3,12H2,1-2H3,(H,22,27)(H,23,28). The third kappa shape index (κ3) is 5.11. The predicted molar refractivity (Wildman–Crippen MR) is 110 cm³/mol. The molecule has 0 radical (unpaired) electrons. The van der Waals surface area contributed by atoms with Gasteiger partial charge < -0.3 is 15.4 Å². The molecule has 8 nitrogen and oxygen atoms in total. The summed E-state index contributed by atoms with van der Waals surface area (Å²) in [5, 5.41) is 13.9. The van der Waals surface area contributed by atoms with Gasteiger partial charge in [0.25, 0.3) is 5.91 Å². The maximum absolute atomic E-state index is 12.6. The van der Waals surface area contributed by atoms with E-state index >= 15 is 0 Å². The molecule has 150 valence electrons. The van der Waals surface area contributed by atoms with Crippen LogP contribution in [0.15, 0.2) is 48.5 Å². The Hall–Kier alpha value is -3.39. The van der Waals surface area contributed by atoms with E-state index in [0.29, 0.717) is 34.4 Å². The molecule has 9 heteroatoms. The number of para-hydroxylation sites is 2. The van der Waals surface area contributed by atoms with Crippen LogP contribution in [0.3, 0.4) is 0 Å². The fraction of sp³-hybridized carbons (Fsp3) is 0.200. The van der Waals surface area contributed by atoms with E-state index < -0.39 is 5.91 Å². The Bertz CT molecular complexity index is 1030. The largest absolute Gasteiger partial charge is 0.492 e. The van der Waals surface area contributed by atoms with Gasteiger partial charge in [-0.05, 0) is 44.2 Å². The van der Waals surface area contributed by atoms with Crippen molar-refractivity contribution in [1.29, 1.82) is 0 Å². The average molecular weight is 414 g/mol. The Morgan fingerprint density at radius 2 is 1.93 bits per heavy atom. The normalized spacial score (nSPS) is 10.4. The lowest BCUT2D eigenvalue weighted by molar-refractivity contribution is -0.117. The van der Waals surface area contributed by atoms with Crippen molar-refractivity contribution < 1.29 is 14.3 Å². The summed E-state index contributed by atoms with van der Waals surface area (Å²) >= 11 is 5.92. The minimum Gasteiger partial charge on any atom is -0.492 e. The maximum Gasteiger partial charge on any atom is 0.278 e. The van der Waals surface area contributed by atoms with Crippen molar-refractivity contribution in [2.75, 3.05) is 17.2 Å². The van der Waals surface area contributed by atoms with Crippen LogP contribution >= 0.6 is 11.6 Å². The molecule has 0 spiro atoms. The van der Waals surface area contributed by atoms with Crippen LogP contribution in [0, 0.1) is 6.92 Å². The second-order valence-corrected chi connectivity index (χ2v) is 6.56. The van der Waals surface area contributed by atoms with Gasteiger partial charge in [0.2, 0.25) is 5.91 Å². The molecule has 0 aliphatic carbocycles. The molecule has 0 saturated heterocycles. The van der Waals surface area contributed by atoms with Crippen LogP contribution in [0.5, 0.6) is 5.75 Å². The minimum atomic E-state index is -0.434. The van der Waals surface area contributed by atoms with Gasteiger partial charge in [0.05, 0.1) is 18.0 Å². The van der Waals surface area contributed by atoms with Crippen molar-refractivity contribution in [3.05, 3.63) is 64.9 Å². The molecule has 3 aromatic rings. The first kappa shape index (κ1) is 20.3. The number of amides is 2. The Labute approximate surface area is 172 Å². The van der Waals surface area contributed by atoms with Gasteiger partial charge in [-0.3, -0.25) is 9.59 Å². The highest BCUT2D eigenvalue weighted by Crippen LogP contribution is 2.24. The third-order valence-electron chi connectivity index (χ3n) is 4.03. The average Bonchev–Trinajstić information content (AvgIpc) is 3.04. The van der Waals surface area contributed by atoms with Gasteiger partial charge in [-0.1, -0.05) is 35.0 Å². The number of carbonyl (C=O) groups is 2. The highest BCUT2D eigenvalue weighted by molar-refractivity contribution is 6.30. The van der Waals surface area contributed by atoms with Gasteiger partial charge in [0, 0.05) is 10.7 Å². The number of benzene rings is 2. The number of nitrogens with one attached hydrogen (secondary N) is 2. The molecule has 0 fully saturated rings. The summed E-state index contributed by atoms with van der Waals surface area (Å²) in [7, 11) is 0. The number of anilines is 2. The summed E-state index contributed by atoms with van der Waals surface area (Å²) < 4.78 is 6.87. The number of hydrogen-bond donors (Lipinski definition) is 2. The number of carbonyl (C=O) groups excluding carboxylic acids is 2. The zero-order valence-corrected chi connectivity index (χ0v) is 16.7. The molecular weight excluding hydrogens is 394 g/mol. The van der Waals surface area contributed by atoms with Crippen molar-refractivity contribution in [3.63, 3.8) is 0 Å². The van der Waals surface area contributed by atoms with Gasteiger partial charge in [-0.25, -0.2) is 4.68 Å². The zero-order valence-electron chi connectivity index (χ0n) is 16.0. The Morgan fingerprint density at radius 3 is 2.69 bits per heavy atom. The number of aromatic nitrogens is 3. The second kappa shape index (κ2) is 9.20. The summed E-state index contributed by atoms with van der Waals surface area (Å²) in [6.45, 7) is 3.93. The maximum atomic E-state index is 12.6. The highest BCUT2D eigenvalue weighted by Gasteiger charge is 2.19. The van der Waals surface area contributed by atoms with Crippen LogP contribution < -0.4 is 15.4 Å². The molecule has 2 aromatic carbocycles. The summed E-state index contributed by atoms with van der Waals surface area (Å²) in [6, 6.07) is 13.9. The van der Waals surface area contributed by atoms with Gasteiger partial charge in [0.1, 0.15) is 12.3 Å². The molecule has 0 aliphatic heterocycles. The van der Waals surface area contributed by atoms with E-state index in [9.17, 15) is 9.59 Å². The topological polar surface area (TPSA) is 98.1 Å². The van der Waals surface area contributed by atoms with Crippen LogP contribution in [0.1, 0.15) is 23.1 Å². The molecule has 0 unspecified atom stereocenters. The van der Waals surface area contributed by atoms with Gasteiger partial charge in [-0.15, -0.1) is 5.10 Å². The molecule has 1 aromatic heterocycles. The zero-order chi connectivity index (χ0) is 20.8. The summed E-state index contributed by atoms with van der Waals surface area (Å²) in [6.07, 6.45) is 0. The predicted octanol–water partition coefficient (Wildman–Crippen LogP) is 3.53. The first-order valence-corrected chi connectivity index (χ1v) is 9.34. The summed E-state index contributed by atoms with van der Waals surface area (Å²) in [4.78, 5) is 24.9. The Kier molecular flexibility index (Phi) is 6.46. The van der Waals surface area contributed by atoms with Crippen molar-refractivity contribution in [1.82, 2.24) is 15.0 Å². The van der Waals surface area contributed by atoms with Crippen LogP contribution in [0.4, 0.5) is 11.4 Å². The molecule has 29 heavy (non-hydrogen) atoms. The van der Waals surface area contributed by atoms with E-state index in [1.54, 1.807) is 49.4 Å². The number of nitrogens with zero attached hydrogens (tertiary/aromatic N) is 3. The molecular formula is C20H20ClN5O3. The lowest BCUT2D eigenvalue weighted by Crippen LogP contribution is -2.21. The fourth-order valence-electron chi connectivity index (χ4n) is 2.66. The van der Waals surface area contributed by atoms with Crippen LogP contribution in [-0.2, 0) is 11.3 Å². The van der Waals surface area contributed by atoms with Crippen molar-refractivity contribution in [2.24, 2.45) is 0 Å². The molecule has 1 heterocycles. The number of ether oxygens (including phenoxy) is 1. The molecule has 0 aliphatic rings. The number of halogens is 1. The fourth-order valence-corrected chi connectivity index (χ4v) is 2.85. The van der Waals surface area contributed by atoms with E-state index in [1.165, 1.54) is 4.68 Å². The van der Waals surface area contributed by atoms with Gasteiger partial charge in [0.15, 0.2) is 5.69 Å². The first-order chi connectivity index (χ1) is 14.0. The van der Waals surface area contributed by atoms with Crippen LogP contribution in [-0.4, -0.2) is 33.4 Å². The lowest BCUT2D eigenvalue weighted by atomic mass is 10.2. The quantitative estimate of drug-likeness (QED) is 0.617. The summed E-state index contributed by atoms with van der Waals surface area (Å²) in [5.41, 5.74) is 1.71. The molecule has 2 amide bonds. The van der Waals surface area contributed by atoms with Crippen molar-refractivity contribution in [3.8, 4) is 5.75 Å². The van der Waals surface area contributed by atoms with Gasteiger partial charge >= 0.3 is 0 Å². The van der Waals surface area contributed by atoms with E-state index in [4.69, 9.17) is 16.3 Å². The van der Waals surface area contributed by atoms with Crippen molar-refractivity contribution in [2.45, 2.75) is 20.4 Å². The minimum absolute atomic E-state index is 0.0891. The molecule has 2 N–H and O–H groups in total. The van der Waals surface area contributed by atoms with Crippen molar-refractivity contribution >= 4 is 34.8 Å². The second-order valence-electron chi connectivity index (χ2n) is 6.12. The van der Waals surface area contributed by atoms with E-state index in [-0.39, 0.29) is 18.1 Å². The molecule has 3 rings (SSSR count). The molecule has 0 bridgehead atoms. The molecule has 0 saturated carbocycles. The lowest BCUT2D eigenvalue weighted by Gasteiger charge is -2.10. The smallest absolute Gasteiger partial charge is 0.278 e. The Balaban J connectivity index is 1.69. The van der Waals surface area contributed by atoms with E-state index in [1.807, 2.05) is 13.0 Å². The summed E-state index contributed by atoms with van der Waals surface area (Å²) in [5.74, 6) is -0.181. The van der Waals surface area contributed by atoms with Crippen LogP contribution in [0.2, 0.25) is 5.02 Å². The van der Waals surface area contributed by atoms with Crippen LogP contribution in [0.25, 0.3) is 0 Å². The monoisotopic (exact) mass is 413 g/mol.